The zero-order chi connectivity index (χ0) is 12.8. The Hall–Kier alpha value is -0.610. The minimum Gasteiger partial charge on any atom is -0.317 e. The van der Waals surface area contributed by atoms with Gasteiger partial charge in [-0.15, -0.1) is 0 Å². The van der Waals surface area contributed by atoms with Crippen molar-refractivity contribution in [2.45, 2.75) is 64.4 Å². The van der Waals surface area contributed by atoms with E-state index in [4.69, 9.17) is 4.84 Å². The lowest BCUT2D eigenvalue weighted by Crippen LogP contribution is -2.48. The van der Waals surface area contributed by atoms with Crippen LogP contribution in [0.5, 0.6) is 0 Å². The van der Waals surface area contributed by atoms with Gasteiger partial charge in [0.05, 0.1) is 11.5 Å². The van der Waals surface area contributed by atoms with Crippen LogP contribution >= 0.6 is 0 Å². The van der Waals surface area contributed by atoms with Crippen LogP contribution in [0.2, 0.25) is 0 Å². The van der Waals surface area contributed by atoms with Gasteiger partial charge in [-0.25, -0.2) is 5.48 Å². The number of carbonyl (C=O) groups excluding carboxylic acids is 1. The highest BCUT2D eigenvalue weighted by Gasteiger charge is 2.39. The van der Waals surface area contributed by atoms with Gasteiger partial charge in [-0.05, 0) is 45.2 Å². The van der Waals surface area contributed by atoms with Crippen molar-refractivity contribution in [1.82, 2.24) is 10.8 Å². The quantitative estimate of drug-likeness (QED) is 0.739. The molecule has 1 aliphatic heterocycles. The maximum atomic E-state index is 12.4. The van der Waals surface area contributed by atoms with E-state index in [0.717, 1.165) is 51.6 Å². The Morgan fingerprint density at radius 3 is 2.61 bits per heavy atom. The van der Waals surface area contributed by atoms with Crippen LogP contribution < -0.4 is 10.8 Å². The molecular formula is C14H26N2O2. The van der Waals surface area contributed by atoms with Crippen LogP contribution in [0, 0.1) is 5.41 Å². The van der Waals surface area contributed by atoms with Gasteiger partial charge in [0.15, 0.2) is 0 Å². The number of piperidine rings is 1. The lowest BCUT2D eigenvalue weighted by Gasteiger charge is -2.36. The summed E-state index contributed by atoms with van der Waals surface area (Å²) in [7, 11) is 0. The topological polar surface area (TPSA) is 50.4 Å². The Kier molecular flexibility index (Phi) is 5.01. The Balaban J connectivity index is 1.86. The predicted octanol–water partition coefficient (Wildman–Crippen LogP) is 2.15. The van der Waals surface area contributed by atoms with E-state index in [1.807, 2.05) is 0 Å². The molecule has 0 unspecified atom stereocenters. The number of hydroxylamine groups is 1. The number of rotatable bonds is 5. The van der Waals surface area contributed by atoms with Gasteiger partial charge in [0, 0.05) is 0 Å². The van der Waals surface area contributed by atoms with Crippen LogP contribution in [0.4, 0.5) is 0 Å². The first kappa shape index (κ1) is 13.8. The molecule has 2 N–H and O–H groups in total. The van der Waals surface area contributed by atoms with E-state index >= 15 is 0 Å². The van der Waals surface area contributed by atoms with Crippen LogP contribution in [0.25, 0.3) is 0 Å². The molecule has 0 spiro atoms. The van der Waals surface area contributed by atoms with Crippen molar-refractivity contribution < 1.29 is 9.63 Å². The van der Waals surface area contributed by atoms with Gasteiger partial charge in [0.2, 0.25) is 5.91 Å². The molecule has 4 nitrogen and oxygen atoms in total. The molecule has 4 heteroatoms. The van der Waals surface area contributed by atoms with Crippen molar-refractivity contribution >= 4 is 5.91 Å². The highest BCUT2D eigenvalue weighted by molar-refractivity contribution is 5.81. The first-order valence-electron chi connectivity index (χ1n) is 7.44. The van der Waals surface area contributed by atoms with Crippen molar-refractivity contribution in [2.24, 2.45) is 5.41 Å². The summed E-state index contributed by atoms with van der Waals surface area (Å²) in [6.45, 7) is 4.03. The summed E-state index contributed by atoms with van der Waals surface area (Å²) in [5, 5.41) is 3.33. The molecule has 2 rings (SSSR count). The molecule has 18 heavy (non-hydrogen) atoms. The molecule has 0 aromatic heterocycles. The Bertz CT molecular complexity index is 263. The summed E-state index contributed by atoms with van der Waals surface area (Å²) >= 11 is 0. The van der Waals surface area contributed by atoms with Crippen LogP contribution in [0.15, 0.2) is 0 Å². The fourth-order valence-corrected chi connectivity index (χ4v) is 3.23. The standard InChI is InChI=1S/C14H26N2O2/c1-2-7-14(8-10-15-11-9-14)13(17)16-18-12-5-3-4-6-12/h12,15H,2-11H2,1H3,(H,16,17). The molecule has 2 fully saturated rings. The average Bonchev–Trinajstić information content (AvgIpc) is 2.90. The smallest absolute Gasteiger partial charge is 0.249 e. The Morgan fingerprint density at radius 2 is 2.00 bits per heavy atom. The van der Waals surface area contributed by atoms with Crippen LogP contribution in [0.3, 0.4) is 0 Å². The Morgan fingerprint density at radius 1 is 1.33 bits per heavy atom. The van der Waals surface area contributed by atoms with Crippen molar-refractivity contribution in [3.8, 4) is 0 Å². The normalized spacial score (nSPS) is 24.1. The second kappa shape index (κ2) is 6.53. The molecule has 0 bridgehead atoms. The zero-order valence-electron chi connectivity index (χ0n) is 11.5. The molecule has 1 heterocycles. The van der Waals surface area contributed by atoms with E-state index in [1.165, 1.54) is 12.8 Å². The summed E-state index contributed by atoms with van der Waals surface area (Å²) in [6, 6.07) is 0. The van der Waals surface area contributed by atoms with E-state index < -0.39 is 0 Å². The molecular weight excluding hydrogens is 228 g/mol. The summed E-state index contributed by atoms with van der Waals surface area (Å²) in [4.78, 5) is 18.0. The van der Waals surface area contributed by atoms with E-state index in [2.05, 4.69) is 17.7 Å². The van der Waals surface area contributed by atoms with Crippen LogP contribution in [-0.4, -0.2) is 25.1 Å². The molecule has 0 atom stereocenters. The lowest BCUT2D eigenvalue weighted by molar-refractivity contribution is -0.151. The highest BCUT2D eigenvalue weighted by atomic mass is 16.7. The minimum atomic E-state index is -0.196. The SMILES string of the molecule is CCCC1(C(=O)NOC2CCCC2)CCNCC1. The van der Waals surface area contributed by atoms with Crippen molar-refractivity contribution in [1.29, 1.82) is 0 Å². The molecule has 2 aliphatic rings. The summed E-state index contributed by atoms with van der Waals surface area (Å²) in [5.74, 6) is 0.109. The molecule has 0 aromatic rings. The van der Waals surface area contributed by atoms with E-state index in [1.54, 1.807) is 0 Å². The van der Waals surface area contributed by atoms with Crippen molar-refractivity contribution in [3.05, 3.63) is 0 Å². The van der Waals surface area contributed by atoms with Crippen LogP contribution in [-0.2, 0) is 9.63 Å². The fraction of sp³-hybridized carbons (Fsp3) is 0.929. The van der Waals surface area contributed by atoms with Gasteiger partial charge in [0.1, 0.15) is 0 Å². The maximum Gasteiger partial charge on any atom is 0.249 e. The molecule has 1 saturated heterocycles. The first-order valence-corrected chi connectivity index (χ1v) is 7.44. The number of amides is 1. The third-order valence-electron chi connectivity index (χ3n) is 4.39. The fourth-order valence-electron chi connectivity index (χ4n) is 3.23. The number of carbonyl (C=O) groups is 1. The monoisotopic (exact) mass is 254 g/mol. The number of hydrogen-bond donors (Lipinski definition) is 2. The molecule has 1 amide bonds. The van der Waals surface area contributed by atoms with E-state index in [9.17, 15) is 4.79 Å². The van der Waals surface area contributed by atoms with E-state index in [-0.39, 0.29) is 17.4 Å². The van der Waals surface area contributed by atoms with Crippen molar-refractivity contribution in [2.75, 3.05) is 13.1 Å². The Labute approximate surface area is 110 Å². The zero-order valence-corrected chi connectivity index (χ0v) is 11.5. The van der Waals surface area contributed by atoms with Gasteiger partial charge >= 0.3 is 0 Å². The number of hydrogen-bond acceptors (Lipinski definition) is 3. The molecule has 1 saturated carbocycles. The maximum absolute atomic E-state index is 12.4. The average molecular weight is 254 g/mol. The minimum absolute atomic E-state index is 0.109. The van der Waals surface area contributed by atoms with Gasteiger partial charge in [0.25, 0.3) is 0 Å². The highest BCUT2D eigenvalue weighted by Crippen LogP contribution is 2.34. The second-order valence-corrected chi connectivity index (χ2v) is 5.74. The third kappa shape index (κ3) is 3.23. The van der Waals surface area contributed by atoms with Gasteiger partial charge in [-0.3, -0.25) is 9.63 Å². The van der Waals surface area contributed by atoms with Crippen LogP contribution in [0.1, 0.15) is 58.3 Å². The first-order chi connectivity index (χ1) is 8.77. The molecule has 104 valence electrons. The molecule has 0 radical (unpaired) electrons. The summed E-state index contributed by atoms with van der Waals surface area (Å²) < 4.78 is 0. The van der Waals surface area contributed by atoms with Gasteiger partial charge in [-0.1, -0.05) is 26.2 Å². The second-order valence-electron chi connectivity index (χ2n) is 5.74. The van der Waals surface area contributed by atoms with Gasteiger partial charge in [-0.2, -0.15) is 0 Å². The largest absolute Gasteiger partial charge is 0.317 e. The van der Waals surface area contributed by atoms with E-state index in [0.29, 0.717) is 0 Å². The lowest BCUT2D eigenvalue weighted by atomic mass is 9.75. The predicted molar refractivity (Wildman–Crippen MR) is 70.9 cm³/mol. The van der Waals surface area contributed by atoms with Gasteiger partial charge < -0.3 is 5.32 Å². The summed E-state index contributed by atoms with van der Waals surface area (Å²) in [6.07, 6.45) is 8.75. The molecule has 1 aliphatic carbocycles. The third-order valence-corrected chi connectivity index (χ3v) is 4.39. The molecule has 0 aromatic carbocycles. The summed E-state index contributed by atoms with van der Waals surface area (Å²) in [5.41, 5.74) is 2.56. The number of nitrogens with one attached hydrogen (secondary N) is 2. The van der Waals surface area contributed by atoms with Crippen molar-refractivity contribution in [3.63, 3.8) is 0 Å².